The van der Waals surface area contributed by atoms with Gasteiger partial charge in [-0.3, -0.25) is 14.4 Å². The molecule has 1 amide bonds. The minimum absolute atomic E-state index is 0.610. The summed E-state index contributed by atoms with van der Waals surface area (Å²) in [6, 6.07) is 25.4. The highest BCUT2D eigenvalue weighted by atomic mass is 16.5. The van der Waals surface area contributed by atoms with Crippen LogP contribution in [0.4, 0.5) is 0 Å². The van der Waals surface area contributed by atoms with E-state index in [2.05, 4.69) is 5.32 Å². The number of hydrogen-bond acceptors (Lipinski definition) is 6. The lowest BCUT2D eigenvalue weighted by molar-refractivity contribution is -0.163. The highest BCUT2D eigenvalue weighted by molar-refractivity contribution is 5.99. The normalized spacial score (nSPS) is 12.8. The average Bonchev–Trinajstić information content (AvgIpc) is 2.93. The maximum Gasteiger partial charge on any atom is 0.326 e. The Balaban J connectivity index is 2.20. The second-order valence-electron chi connectivity index (χ2n) is 8.52. The summed E-state index contributed by atoms with van der Waals surface area (Å²) in [4.78, 5) is 51.6. The van der Waals surface area contributed by atoms with Crippen molar-refractivity contribution >= 4 is 23.8 Å². The molecular weight excluding hydrogens is 474 g/mol. The van der Waals surface area contributed by atoms with Crippen LogP contribution in [-0.2, 0) is 34.1 Å². The molecule has 0 fully saturated rings. The van der Waals surface area contributed by atoms with Gasteiger partial charge in [0.1, 0.15) is 11.5 Å². The lowest BCUT2D eigenvalue weighted by Crippen LogP contribution is -2.56. The van der Waals surface area contributed by atoms with Crippen LogP contribution < -0.4 is 5.32 Å². The van der Waals surface area contributed by atoms with Gasteiger partial charge in [-0.15, -0.1) is 0 Å². The second kappa shape index (κ2) is 12.0. The van der Waals surface area contributed by atoms with Gasteiger partial charge in [0.25, 0.3) is 0 Å². The van der Waals surface area contributed by atoms with Crippen LogP contribution in [0.25, 0.3) is 0 Å². The van der Waals surface area contributed by atoms with Gasteiger partial charge in [-0.25, -0.2) is 4.79 Å². The van der Waals surface area contributed by atoms with Crippen molar-refractivity contribution in [2.45, 2.75) is 18.4 Å². The van der Waals surface area contributed by atoms with Gasteiger partial charge < -0.3 is 19.9 Å². The molecule has 0 unspecified atom stereocenters. The number of hydrogen-bond donors (Lipinski definition) is 2. The molecule has 0 saturated carbocycles. The van der Waals surface area contributed by atoms with Crippen LogP contribution in [0, 0.1) is 11.8 Å². The Labute approximate surface area is 215 Å². The maximum absolute atomic E-state index is 14.4. The molecule has 0 spiro atoms. The molecule has 37 heavy (non-hydrogen) atoms. The third-order valence-corrected chi connectivity index (χ3v) is 6.48. The van der Waals surface area contributed by atoms with Gasteiger partial charge in [-0.05, 0) is 16.7 Å². The molecule has 8 nitrogen and oxygen atoms in total. The van der Waals surface area contributed by atoms with Crippen LogP contribution in [0.2, 0.25) is 0 Å². The highest BCUT2D eigenvalue weighted by Gasteiger charge is 2.48. The Morgan fingerprint density at radius 1 is 0.703 bits per heavy atom. The molecule has 0 aliphatic heterocycles. The van der Waals surface area contributed by atoms with Crippen LogP contribution in [0.15, 0.2) is 91.0 Å². The van der Waals surface area contributed by atoms with Gasteiger partial charge in [0.15, 0.2) is 5.92 Å². The molecule has 3 aromatic carbocycles. The summed E-state index contributed by atoms with van der Waals surface area (Å²) in [5.74, 6) is -6.72. The Morgan fingerprint density at radius 3 is 1.35 bits per heavy atom. The molecule has 0 saturated heterocycles. The van der Waals surface area contributed by atoms with E-state index in [0.29, 0.717) is 16.7 Å². The molecule has 192 valence electrons. The van der Waals surface area contributed by atoms with Gasteiger partial charge >= 0.3 is 17.9 Å². The largest absolute Gasteiger partial charge is 0.480 e. The molecule has 2 N–H and O–H groups in total. The molecule has 3 rings (SSSR count). The molecule has 0 aliphatic carbocycles. The second-order valence-corrected chi connectivity index (χ2v) is 8.52. The van der Waals surface area contributed by atoms with Crippen molar-refractivity contribution in [2.24, 2.45) is 11.8 Å². The van der Waals surface area contributed by atoms with Crippen molar-refractivity contribution in [1.82, 2.24) is 5.32 Å². The molecule has 2 atom stereocenters. The number of amides is 1. The molecule has 0 heterocycles. The number of benzene rings is 3. The Hall–Kier alpha value is -4.46. The van der Waals surface area contributed by atoms with Gasteiger partial charge in [0.2, 0.25) is 5.91 Å². The summed E-state index contributed by atoms with van der Waals surface area (Å²) in [5, 5.41) is 12.7. The summed E-state index contributed by atoms with van der Waals surface area (Å²) in [6.07, 6.45) is 0. The predicted octanol–water partition coefficient (Wildman–Crippen LogP) is 3.19. The van der Waals surface area contributed by atoms with Crippen molar-refractivity contribution in [2.75, 3.05) is 14.2 Å². The quantitative estimate of drug-likeness (QED) is 0.248. The van der Waals surface area contributed by atoms with Crippen molar-refractivity contribution < 1.29 is 33.8 Å². The highest BCUT2D eigenvalue weighted by Crippen LogP contribution is 2.40. The van der Waals surface area contributed by atoms with E-state index in [1.165, 1.54) is 6.92 Å². The topological polar surface area (TPSA) is 119 Å². The minimum Gasteiger partial charge on any atom is -0.480 e. The van der Waals surface area contributed by atoms with Crippen LogP contribution in [0.1, 0.15) is 23.6 Å². The first-order valence-corrected chi connectivity index (χ1v) is 11.6. The first-order chi connectivity index (χ1) is 17.8. The van der Waals surface area contributed by atoms with E-state index in [4.69, 9.17) is 9.47 Å². The lowest BCUT2D eigenvalue weighted by Gasteiger charge is -2.36. The minimum atomic E-state index is -1.62. The fourth-order valence-corrected chi connectivity index (χ4v) is 4.60. The van der Waals surface area contributed by atoms with Crippen molar-refractivity contribution in [3.63, 3.8) is 0 Å². The van der Waals surface area contributed by atoms with E-state index in [1.54, 1.807) is 72.8 Å². The summed E-state index contributed by atoms with van der Waals surface area (Å²) < 4.78 is 9.44. The van der Waals surface area contributed by atoms with Crippen LogP contribution >= 0.6 is 0 Å². The number of carboxylic acids is 1. The summed E-state index contributed by atoms with van der Waals surface area (Å²) in [5.41, 5.74) is 0.390. The number of rotatable bonds is 10. The molecule has 3 aromatic rings. The van der Waals surface area contributed by atoms with E-state index in [1.807, 2.05) is 18.2 Å². The summed E-state index contributed by atoms with van der Waals surface area (Å²) in [6.45, 7) is 1.38. The number of methoxy groups -OCH3 is 2. The van der Waals surface area contributed by atoms with Crippen LogP contribution in [0.3, 0.4) is 0 Å². The fraction of sp³-hybridized carbons (Fsp3) is 0.241. The Bertz CT molecular complexity index is 1120. The van der Waals surface area contributed by atoms with Crippen molar-refractivity contribution in [3.8, 4) is 0 Å². The number of ether oxygens (including phenoxy) is 2. The standard InChI is InChI=1S/C29H29NO7/c1-19(23(26(33)36-2)27(34)37-3)24(25(31)32)30-28(35)29(20-13-7-4-8-14-20,21-15-9-5-10-16-21)22-17-11-6-12-18-22/h4-19,23-24H,1-3H3,(H,30,35)(H,31,32)/t19-,24-/m1/s1. The predicted molar refractivity (Wildman–Crippen MR) is 135 cm³/mol. The van der Waals surface area contributed by atoms with E-state index < -0.39 is 47.1 Å². The van der Waals surface area contributed by atoms with Gasteiger partial charge in [0, 0.05) is 5.92 Å². The van der Waals surface area contributed by atoms with Crippen LogP contribution in [-0.4, -0.2) is 49.2 Å². The third-order valence-electron chi connectivity index (χ3n) is 6.48. The Morgan fingerprint density at radius 2 is 1.05 bits per heavy atom. The lowest BCUT2D eigenvalue weighted by atomic mass is 9.68. The summed E-state index contributed by atoms with van der Waals surface area (Å²) >= 11 is 0. The SMILES string of the molecule is COC(=O)C(C(=O)OC)[C@@H](C)[C@@H](NC(=O)C(c1ccccc1)(c1ccccc1)c1ccccc1)C(=O)O. The molecular formula is C29H29NO7. The molecule has 0 radical (unpaired) electrons. The fourth-order valence-electron chi connectivity index (χ4n) is 4.60. The first-order valence-electron chi connectivity index (χ1n) is 11.6. The zero-order chi connectivity index (χ0) is 27.0. The number of carboxylic acid groups (broad SMARTS) is 1. The first kappa shape index (κ1) is 27.1. The van der Waals surface area contributed by atoms with Crippen LogP contribution in [0.5, 0.6) is 0 Å². The van der Waals surface area contributed by atoms with Gasteiger partial charge in [0.05, 0.1) is 14.2 Å². The van der Waals surface area contributed by atoms with Crippen molar-refractivity contribution in [3.05, 3.63) is 108 Å². The molecule has 0 bridgehead atoms. The van der Waals surface area contributed by atoms with Gasteiger partial charge in [-0.1, -0.05) is 97.9 Å². The molecule has 0 aromatic heterocycles. The van der Waals surface area contributed by atoms with Gasteiger partial charge in [-0.2, -0.15) is 0 Å². The zero-order valence-corrected chi connectivity index (χ0v) is 20.8. The average molecular weight is 504 g/mol. The third kappa shape index (κ3) is 5.38. The number of carbonyl (C=O) groups is 4. The van der Waals surface area contributed by atoms with E-state index in [-0.39, 0.29) is 0 Å². The van der Waals surface area contributed by atoms with E-state index >= 15 is 0 Å². The summed E-state index contributed by atoms with van der Waals surface area (Å²) in [7, 11) is 2.18. The Kier molecular flexibility index (Phi) is 8.79. The van der Waals surface area contributed by atoms with E-state index in [9.17, 15) is 24.3 Å². The maximum atomic E-state index is 14.4. The molecule has 0 aliphatic rings. The van der Waals surface area contributed by atoms with E-state index in [0.717, 1.165) is 14.2 Å². The number of aliphatic carboxylic acids is 1. The smallest absolute Gasteiger partial charge is 0.326 e. The monoisotopic (exact) mass is 503 g/mol. The number of nitrogens with one attached hydrogen (secondary N) is 1. The number of carbonyl (C=O) groups excluding carboxylic acids is 3. The van der Waals surface area contributed by atoms with Crippen molar-refractivity contribution in [1.29, 1.82) is 0 Å². The number of esters is 2. The zero-order valence-electron chi connectivity index (χ0n) is 20.8. The molecule has 8 heteroatoms.